The molecule has 0 aliphatic rings. The third-order valence-corrected chi connectivity index (χ3v) is 2.80. The lowest BCUT2D eigenvalue weighted by Crippen LogP contribution is -2.19. The summed E-state index contributed by atoms with van der Waals surface area (Å²) >= 11 is 5.94. The summed E-state index contributed by atoms with van der Waals surface area (Å²) in [7, 11) is 0. The second kappa shape index (κ2) is 3.63. The van der Waals surface area contributed by atoms with Crippen molar-refractivity contribution >= 4 is 28.3 Å². The zero-order valence-electron chi connectivity index (χ0n) is 9.60. The maximum atomic E-state index is 12.2. The first kappa shape index (κ1) is 11.2. The molecule has 0 aliphatic heterocycles. The lowest BCUT2D eigenvalue weighted by atomic mass is 9.86. The number of H-pyrrole nitrogens is 1. The smallest absolute Gasteiger partial charge is 0.170 e. The third-order valence-electron chi connectivity index (χ3n) is 2.57. The Morgan fingerprint density at radius 2 is 2.00 bits per heavy atom. The number of hydrogen-bond acceptors (Lipinski definition) is 1. The normalized spacial score (nSPS) is 12.0. The summed E-state index contributed by atoms with van der Waals surface area (Å²) in [6.45, 7) is 5.75. The van der Waals surface area contributed by atoms with Crippen LogP contribution in [-0.4, -0.2) is 10.8 Å². The van der Waals surface area contributed by atoms with Crippen LogP contribution in [0.3, 0.4) is 0 Å². The van der Waals surface area contributed by atoms with Gasteiger partial charge in [0.2, 0.25) is 0 Å². The number of aromatic amines is 1. The summed E-state index contributed by atoms with van der Waals surface area (Å²) in [6, 6.07) is 5.52. The molecule has 0 spiro atoms. The lowest BCUT2D eigenvalue weighted by Gasteiger charge is -2.15. The number of ketones is 1. The number of carbonyl (C=O) groups is 1. The molecule has 1 aromatic heterocycles. The average molecular weight is 236 g/mol. The highest BCUT2D eigenvalue weighted by Gasteiger charge is 2.25. The van der Waals surface area contributed by atoms with Gasteiger partial charge >= 0.3 is 0 Å². The number of halogens is 1. The molecule has 84 valence electrons. The van der Waals surface area contributed by atoms with Crippen molar-refractivity contribution in [1.29, 1.82) is 0 Å². The van der Waals surface area contributed by atoms with Gasteiger partial charge in [-0.15, -0.1) is 0 Å². The van der Waals surface area contributed by atoms with Crippen LogP contribution in [0.4, 0.5) is 0 Å². The Hall–Kier alpha value is -1.28. The van der Waals surface area contributed by atoms with Crippen LogP contribution >= 0.6 is 11.6 Å². The van der Waals surface area contributed by atoms with Gasteiger partial charge in [0.25, 0.3) is 0 Å². The summed E-state index contributed by atoms with van der Waals surface area (Å²) in [6.07, 6.45) is 1.76. The minimum atomic E-state index is -0.378. The molecule has 0 bridgehead atoms. The van der Waals surface area contributed by atoms with Crippen molar-refractivity contribution in [2.45, 2.75) is 20.8 Å². The first-order chi connectivity index (χ1) is 7.39. The molecule has 0 fully saturated rings. The van der Waals surface area contributed by atoms with Crippen LogP contribution in [-0.2, 0) is 0 Å². The van der Waals surface area contributed by atoms with E-state index < -0.39 is 0 Å². The molecule has 0 amide bonds. The van der Waals surface area contributed by atoms with Crippen molar-refractivity contribution in [2.75, 3.05) is 0 Å². The van der Waals surface area contributed by atoms with Gasteiger partial charge in [0, 0.05) is 33.1 Å². The number of benzene rings is 1. The van der Waals surface area contributed by atoms with E-state index in [-0.39, 0.29) is 11.2 Å². The molecule has 2 aromatic rings. The fourth-order valence-corrected chi connectivity index (χ4v) is 1.86. The summed E-state index contributed by atoms with van der Waals surface area (Å²) in [4.78, 5) is 15.3. The van der Waals surface area contributed by atoms with Gasteiger partial charge in [0.05, 0.1) is 0 Å². The quantitative estimate of drug-likeness (QED) is 0.744. The topological polar surface area (TPSA) is 32.9 Å². The van der Waals surface area contributed by atoms with Gasteiger partial charge < -0.3 is 4.98 Å². The minimum Gasteiger partial charge on any atom is -0.360 e. The van der Waals surface area contributed by atoms with Crippen LogP contribution < -0.4 is 0 Å². The van der Waals surface area contributed by atoms with Gasteiger partial charge in [0.15, 0.2) is 5.78 Å². The van der Waals surface area contributed by atoms with Crippen LogP contribution in [0, 0.1) is 5.41 Å². The maximum absolute atomic E-state index is 12.2. The van der Waals surface area contributed by atoms with Gasteiger partial charge in [-0.25, -0.2) is 0 Å². The summed E-state index contributed by atoms with van der Waals surface area (Å²) < 4.78 is 0. The van der Waals surface area contributed by atoms with Crippen molar-refractivity contribution < 1.29 is 4.79 Å². The molecule has 16 heavy (non-hydrogen) atoms. The van der Waals surface area contributed by atoms with Gasteiger partial charge in [-0.3, -0.25) is 4.79 Å². The largest absolute Gasteiger partial charge is 0.360 e. The molecule has 0 atom stereocenters. The summed E-state index contributed by atoms with van der Waals surface area (Å²) in [5.74, 6) is 0.126. The minimum absolute atomic E-state index is 0.126. The van der Waals surface area contributed by atoms with Crippen molar-refractivity contribution in [3.8, 4) is 0 Å². The van der Waals surface area contributed by atoms with Crippen molar-refractivity contribution in [1.82, 2.24) is 4.98 Å². The van der Waals surface area contributed by atoms with Crippen molar-refractivity contribution in [3.63, 3.8) is 0 Å². The van der Waals surface area contributed by atoms with E-state index in [1.807, 2.05) is 39.0 Å². The Kier molecular flexibility index (Phi) is 2.55. The first-order valence-electron chi connectivity index (χ1n) is 5.21. The Labute approximate surface area is 99.6 Å². The number of nitrogens with one attached hydrogen (secondary N) is 1. The highest BCUT2D eigenvalue weighted by atomic mass is 35.5. The van der Waals surface area contributed by atoms with E-state index >= 15 is 0 Å². The zero-order chi connectivity index (χ0) is 11.9. The van der Waals surface area contributed by atoms with E-state index in [9.17, 15) is 4.79 Å². The Bertz CT molecular complexity index is 549. The summed E-state index contributed by atoms with van der Waals surface area (Å²) in [5, 5.41) is 1.54. The molecule has 0 aliphatic carbocycles. The number of aromatic nitrogens is 1. The van der Waals surface area contributed by atoms with E-state index in [1.54, 1.807) is 6.20 Å². The Morgan fingerprint density at radius 3 is 2.62 bits per heavy atom. The van der Waals surface area contributed by atoms with E-state index in [1.165, 1.54) is 0 Å². The molecule has 1 N–H and O–H groups in total. The standard InChI is InChI=1S/C13H14ClNO/c1-13(2,3)12(16)10-7-15-11-5-4-8(14)6-9(10)11/h4-7,15H,1-3H3. The van der Waals surface area contributed by atoms with E-state index in [2.05, 4.69) is 4.98 Å². The molecule has 0 saturated carbocycles. The van der Waals surface area contributed by atoms with E-state index in [4.69, 9.17) is 11.6 Å². The number of fused-ring (bicyclic) bond motifs is 1. The fourth-order valence-electron chi connectivity index (χ4n) is 1.68. The summed E-state index contributed by atoms with van der Waals surface area (Å²) in [5.41, 5.74) is 1.28. The first-order valence-corrected chi connectivity index (χ1v) is 5.59. The van der Waals surface area contributed by atoms with Gasteiger partial charge in [-0.2, -0.15) is 0 Å². The predicted molar refractivity (Wildman–Crippen MR) is 67.1 cm³/mol. The molecular weight excluding hydrogens is 222 g/mol. The van der Waals surface area contributed by atoms with Crippen LogP contribution in [0.2, 0.25) is 5.02 Å². The van der Waals surface area contributed by atoms with Gasteiger partial charge in [-0.05, 0) is 18.2 Å². The highest BCUT2D eigenvalue weighted by molar-refractivity contribution is 6.31. The SMILES string of the molecule is CC(C)(C)C(=O)c1c[nH]c2ccc(Cl)cc12. The second-order valence-electron chi connectivity index (χ2n) is 4.97. The van der Waals surface area contributed by atoms with Crippen LogP contribution in [0.15, 0.2) is 24.4 Å². The number of hydrogen-bond donors (Lipinski definition) is 1. The van der Waals surface area contributed by atoms with Gasteiger partial charge in [0.1, 0.15) is 0 Å². The Morgan fingerprint density at radius 1 is 1.31 bits per heavy atom. The van der Waals surface area contributed by atoms with Crippen molar-refractivity contribution in [3.05, 3.63) is 35.0 Å². The number of carbonyl (C=O) groups excluding carboxylic acids is 1. The van der Waals surface area contributed by atoms with E-state index in [0.29, 0.717) is 10.6 Å². The maximum Gasteiger partial charge on any atom is 0.170 e. The van der Waals surface area contributed by atoms with Crippen molar-refractivity contribution in [2.24, 2.45) is 5.41 Å². The highest BCUT2D eigenvalue weighted by Crippen LogP contribution is 2.28. The second-order valence-corrected chi connectivity index (χ2v) is 5.41. The number of Topliss-reactive ketones (excluding diaryl/α,β-unsaturated/α-hetero) is 1. The third kappa shape index (κ3) is 1.85. The molecule has 1 aromatic carbocycles. The van der Waals surface area contributed by atoms with Crippen LogP contribution in [0.1, 0.15) is 31.1 Å². The molecule has 1 heterocycles. The average Bonchev–Trinajstić information content (AvgIpc) is 2.57. The molecule has 2 rings (SSSR count). The molecule has 0 saturated heterocycles. The fraction of sp³-hybridized carbons (Fsp3) is 0.308. The van der Waals surface area contributed by atoms with E-state index in [0.717, 1.165) is 10.9 Å². The zero-order valence-corrected chi connectivity index (χ0v) is 10.4. The molecule has 0 unspecified atom stereocenters. The monoisotopic (exact) mass is 235 g/mol. The van der Waals surface area contributed by atoms with Crippen LogP contribution in [0.5, 0.6) is 0 Å². The molecule has 0 radical (unpaired) electrons. The van der Waals surface area contributed by atoms with Gasteiger partial charge in [-0.1, -0.05) is 32.4 Å². The predicted octanol–water partition coefficient (Wildman–Crippen LogP) is 4.05. The lowest BCUT2D eigenvalue weighted by molar-refractivity contribution is 0.0860. The molecule has 2 nitrogen and oxygen atoms in total. The number of rotatable bonds is 1. The Balaban J connectivity index is 2.62. The molecular formula is C13H14ClNO. The van der Waals surface area contributed by atoms with Crippen LogP contribution in [0.25, 0.3) is 10.9 Å². The molecule has 3 heteroatoms.